The van der Waals surface area contributed by atoms with Crippen LogP contribution in [-0.2, 0) is 16.0 Å². The van der Waals surface area contributed by atoms with Gasteiger partial charge in [0.15, 0.2) is 0 Å². The molecule has 0 aliphatic heterocycles. The highest BCUT2D eigenvalue weighted by molar-refractivity contribution is 5.72. The van der Waals surface area contributed by atoms with Gasteiger partial charge >= 0.3 is 5.97 Å². The Kier molecular flexibility index (Phi) is 20.9. The topological polar surface area (TPSA) is 26.3 Å². The Hall–Kier alpha value is -1.31. The van der Waals surface area contributed by atoms with Crippen molar-refractivity contribution in [2.45, 2.75) is 156 Å². The van der Waals surface area contributed by atoms with E-state index in [9.17, 15) is 4.79 Å². The molecule has 0 saturated heterocycles. The Balaban J connectivity index is 2.26. The first kappa shape index (κ1) is 31.7. The molecule has 1 aromatic carbocycles. The molecule has 0 aromatic heterocycles. The van der Waals surface area contributed by atoms with Gasteiger partial charge in [-0.1, -0.05) is 159 Å². The molecule has 0 radical (unpaired) electrons. The number of esters is 1. The summed E-state index contributed by atoms with van der Waals surface area (Å²) in [7, 11) is 0. The number of aryl methyl sites for hydroxylation is 1. The van der Waals surface area contributed by atoms with Crippen molar-refractivity contribution in [1.29, 1.82) is 0 Å². The molecule has 0 aliphatic carbocycles. The predicted molar refractivity (Wildman–Crippen MR) is 153 cm³/mol. The first-order valence-corrected chi connectivity index (χ1v) is 15.4. The number of rotatable bonds is 24. The molecule has 0 bridgehead atoms. The van der Waals surface area contributed by atoms with Crippen LogP contribution in [0.3, 0.4) is 0 Å². The van der Waals surface area contributed by atoms with Crippen LogP contribution in [0.15, 0.2) is 24.3 Å². The summed E-state index contributed by atoms with van der Waals surface area (Å²) in [6, 6.07) is 8.20. The van der Waals surface area contributed by atoms with Crippen LogP contribution in [0.2, 0.25) is 0 Å². The maximum Gasteiger partial charge on any atom is 0.310 e. The Labute approximate surface area is 219 Å². The van der Waals surface area contributed by atoms with Crippen molar-refractivity contribution in [3.05, 3.63) is 35.4 Å². The van der Waals surface area contributed by atoms with E-state index in [2.05, 4.69) is 32.9 Å². The maximum atomic E-state index is 12.4. The standard InChI is InChI=1S/C33H58O2/c1-4-6-8-10-12-14-15-17-19-21-25-31(24-20-18-16-13-11-9-7-5-2)29-35-33(34)28-32-26-22-23-30(3)27-32/h22-23,26-27,31H,4-21,24-25,28-29H2,1-3H3. The first-order chi connectivity index (χ1) is 17.2. The Morgan fingerprint density at radius 3 is 1.60 bits per heavy atom. The van der Waals surface area contributed by atoms with Crippen LogP contribution < -0.4 is 0 Å². The number of hydrogen-bond acceptors (Lipinski definition) is 2. The summed E-state index contributed by atoms with van der Waals surface area (Å²) < 4.78 is 5.77. The lowest BCUT2D eigenvalue weighted by atomic mass is 9.94. The number of ether oxygens (including phenoxy) is 1. The van der Waals surface area contributed by atoms with Gasteiger partial charge in [-0.2, -0.15) is 0 Å². The zero-order chi connectivity index (χ0) is 25.4. The lowest BCUT2D eigenvalue weighted by Gasteiger charge is -2.17. The van der Waals surface area contributed by atoms with E-state index in [1.165, 1.54) is 134 Å². The minimum atomic E-state index is -0.0698. The molecule has 0 amide bonds. The molecule has 2 nitrogen and oxygen atoms in total. The van der Waals surface area contributed by atoms with Crippen molar-refractivity contribution in [2.75, 3.05) is 6.61 Å². The van der Waals surface area contributed by atoms with Gasteiger partial charge in [0.1, 0.15) is 0 Å². The summed E-state index contributed by atoms with van der Waals surface area (Å²) in [5, 5.41) is 0. The van der Waals surface area contributed by atoms with E-state index in [0.29, 0.717) is 18.9 Å². The summed E-state index contributed by atoms with van der Waals surface area (Å²) in [5.41, 5.74) is 2.26. The van der Waals surface area contributed by atoms with Crippen molar-refractivity contribution in [1.82, 2.24) is 0 Å². The van der Waals surface area contributed by atoms with Gasteiger partial charge in [0.25, 0.3) is 0 Å². The van der Waals surface area contributed by atoms with Gasteiger partial charge in [-0.25, -0.2) is 0 Å². The molecule has 0 fully saturated rings. The minimum absolute atomic E-state index is 0.0698. The smallest absolute Gasteiger partial charge is 0.310 e. The van der Waals surface area contributed by atoms with E-state index in [-0.39, 0.29) is 5.97 Å². The average molecular weight is 487 g/mol. The molecule has 202 valence electrons. The van der Waals surface area contributed by atoms with Crippen molar-refractivity contribution >= 4 is 5.97 Å². The summed E-state index contributed by atoms with van der Waals surface area (Å²) in [5.74, 6) is 0.463. The summed E-state index contributed by atoms with van der Waals surface area (Å²) in [4.78, 5) is 12.4. The first-order valence-electron chi connectivity index (χ1n) is 15.4. The largest absolute Gasteiger partial charge is 0.465 e. The predicted octanol–water partition coefficient (Wildman–Crippen LogP) is 10.5. The molecule has 0 saturated carbocycles. The molecular weight excluding hydrogens is 428 g/mol. The third kappa shape index (κ3) is 19.5. The average Bonchev–Trinajstić information content (AvgIpc) is 2.84. The van der Waals surface area contributed by atoms with Crippen LogP contribution >= 0.6 is 0 Å². The zero-order valence-electron chi connectivity index (χ0n) is 23.8. The summed E-state index contributed by atoms with van der Waals surface area (Å²) in [6.07, 6.45) is 27.4. The Bertz CT molecular complexity index is 609. The molecule has 0 aliphatic rings. The maximum absolute atomic E-state index is 12.4. The highest BCUT2D eigenvalue weighted by atomic mass is 16.5. The SMILES string of the molecule is CCCCCCCCCCCCC(CCCCCCCCCC)COC(=O)Cc1cccc(C)c1. The van der Waals surface area contributed by atoms with E-state index in [1.807, 2.05) is 12.1 Å². The van der Waals surface area contributed by atoms with Gasteiger partial charge < -0.3 is 4.74 Å². The second kappa shape index (κ2) is 23.1. The van der Waals surface area contributed by atoms with Crippen molar-refractivity contribution in [2.24, 2.45) is 5.92 Å². The minimum Gasteiger partial charge on any atom is -0.465 e. The summed E-state index contributed by atoms with van der Waals surface area (Å²) in [6.45, 7) is 7.25. The van der Waals surface area contributed by atoms with Crippen LogP contribution in [0.5, 0.6) is 0 Å². The molecule has 0 spiro atoms. The second-order valence-electron chi connectivity index (χ2n) is 10.9. The van der Waals surface area contributed by atoms with E-state index < -0.39 is 0 Å². The molecule has 1 unspecified atom stereocenters. The lowest BCUT2D eigenvalue weighted by Crippen LogP contribution is -2.16. The van der Waals surface area contributed by atoms with Gasteiger partial charge in [-0.15, -0.1) is 0 Å². The monoisotopic (exact) mass is 486 g/mol. The van der Waals surface area contributed by atoms with Crippen molar-refractivity contribution in [3.63, 3.8) is 0 Å². The van der Waals surface area contributed by atoms with Gasteiger partial charge in [0.2, 0.25) is 0 Å². The van der Waals surface area contributed by atoms with Crippen LogP contribution in [0.25, 0.3) is 0 Å². The Morgan fingerprint density at radius 2 is 1.14 bits per heavy atom. The number of hydrogen-bond donors (Lipinski definition) is 0. The van der Waals surface area contributed by atoms with E-state index in [0.717, 1.165) is 5.56 Å². The van der Waals surface area contributed by atoms with Gasteiger partial charge in [-0.3, -0.25) is 4.79 Å². The molecule has 1 rings (SSSR count). The molecule has 0 heterocycles. The molecule has 2 heteroatoms. The number of benzene rings is 1. The third-order valence-electron chi connectivity index (χ3n) is 7.34. The molecule has 35 heavy (non-hydrogen) atoms. The van der Waals surface area contributed by atoms with Crippen LogP contribution in [0.1, 0.15) is 153 Å². The van der Waals surface area contributed by atoms with Gasteiger partial charge in [0, 0.05) is 0 Å². The normalized spacial score (nSPS) is 12.1. The fourth-order valence-electron chi connectivity index (χ4n) is 5.05. The number of carbonyl (C=O) groups excluding carboxylic acids is 1. The fraction of sp³-hybridized carbons (Fsp3) is 0.788. The van der Waals surface area contributed by atoms with Crippen LogP contribution in [-0.4, -0.2) is 12.6 Å². The van der Waals surface area contributed by atoms with Crippen molar-refractivity contribution < 1.29 is 9.53 Å². The molecule has 1 atom stereocenters. The summed E-state index contributed by atoms with van der Waals surface area (Å²) >= 11 is 0. The van der Waals surface area contributed by atoms with Crippen LogP contribution in [0.4, 0.5) is 0 Å². The Morgan fingerprint density at radius 1 is 0.686 bits per heavy atom. The second-order valence-corrected chi connectivity index (χ2v) is 10.9. The van der Waals surface area contributed by atoms with Crippen LogP contribution in [0, 0.1) is 12.8 Å². The lowest BCUT2D eigenvalue weighted by molar-refractivity contribution is -0.144. The van der Waals surface area contributed by atoms with E-state index in [4.69, 9.17) is 4.74 Å². The van der Waals surface area contributed by atoms with Gasteiger partial charge in [0.05, 0.1) is 13.0 Å². The van der Waals surface area contributed by atoms with E-state index in [1.54, 1.807) is 0 Å². The fourth-order valence-corrected chi connectivity index (χ4v) is 5.05. The van der Waals surface area contributed by atoms with E-state index >= 15 is 0 Å². The highest BCUT2D eigenvalue weighted by Gasteiger charge is 2.13. The number of carbonyl (C=O) groups is 1. The zero-order valence-corrected chi connectivity index (χ0v) is 23.8. The van der Waals surface area contributed by atoms with Gasteiger partial charge in [-0.05, 0) is 31.2 Å². The molecule has 0 N–H and O–H groups in total. The molecular formula is C33H58O2. The number of unbranched alkanes of at least 4 members (excludes halogenated alkanes) is 16. The quantitative estimate of drug-likeness (QED) is 0.107. The highest BCUT2D eigenvalue weighted by Crippen LogP contribution is 2.21. The van der Waals surface area contributed by atoms with Crippen molar-refractivity contribution in [3.8, 4) is 0 Å². The third-order valence-corrected chi connectivity index (χ3v) is 7.34. The molecule has 1 aromatic rings.